The minimum absolute atomic E-state index is 0.450. The zero-order valence-electron chi connectivity index (χ0n) is 11.9. The van der Waals surface area contributed by atoms with Gasteiger partial charge in [0, 0.05) is 25.3 Å². The molecule has 5 heteroatoms. The van der Waals surface area contributed by atoms with Gasteiger partial charge in [-0.1, -0.05) is 6.92 Å². The third-order valence-electron chi connectivity index (χ3n) is 3.90. The normalized spacial score (nSPS) is 17.6. The second-order valence-electron chi connectivity index (χ2n) is 5.54. The average Bonchev–Trinajstić information content (AvgIpc) is 2.39. The third kappa shape index (κ3) is 3.45. The number of nitrogens with zero attached hydrogens (tertiary/aromatic N) is 1. The van der Waals surface area contributed by atoms with Crippen molar-refractivity contribution in [3.8, 4) is 0 Å². The molecular weight excluding hydrogens is 265 g/mol. The van der Waals surface area contributed by atoms with Crippen molar-refractivity contribution in [2.45, 2.75) is 32.5 Å². The first-order chi connectivity index (χ1) is 9.41. The molecule has 0 amide bonds. The fourth-order valence-electron chi connectivity index (χ4n) is 2.65. The Balaban J connectivity index is 2.28. The Labute approximate surface area is 118 Å². The Hall–Kier alpha value is -1.23. The second-order valence-corrected chi connectivity index (χ2v) is 5.54. The number of anilines is 1. The molecule has 0 aliphatic carbocycles. The lowest BCUT2D eigenvalue weighted by molar-refractivity contribution is -0.137. The molecule has 1 aliphatic heterocycles. The van der Waals surface area contributed by atoms with E-state index in [4.69, 9.17) is 0 Å². The van der Waals surface area contributed by atoms with Gasteiger partial charge in [-0.15, -0.1) is 0 Å². The van der Waals surface area contributed by atoms with Crippen LogP contribution in [0.4, 0.5) is 18.9 Å². The molecule has 0 unspecified atom stereocenters. The topological polar surface area (TPSA) is 15.3 Å². The number of benzene rings is 1. The summed E-state index contributed by atoms with van der Waals surface area (Å²) in [5, 5.41) is 2.96. The van der Waals surface area contributed by atoms with Crippen LogP contribution < -0.4 is 10.2 Å². The van der Waals surface area contributed by atoms with E-state index in [0.717, 1.165) is 37.2 Å². The van der Waals surface area contributed by atoms with Crippen LogP contribution in [0.15, 0.2) is 18.2 Å². The molecule has 2 rings (SSSR count). The van der Waals surface area contributed by atoms with Crippen LogP contribution in [0.3, 0.4) is 0 Å². The van der Waals surface area contributed by atoms with Crippen LogP contribution in [-0.4, -0.2) is 20.1 Å². The van der Waals surface area contributed by atoms with Gasteiger partial charge in [0.05, 0.1) is 5.56 Å². The van der Waals surface area contributed by atoms with Crippen LogP contribution in [0.1, 0.15) is 30.9 Å². The smallest absolute Gasteiger partial charge is 0.371 e. The molecule has 0 atom stereocenters. The van der Waals surface area contributed by atoms with E-state index in [0.29, 0.717) is 12.5 Å². The van der Waals surface area contributed by atoms with E-state index >= 15 is 0 Å². The van der Waals surface area contributed by atoms with Gasteiger partial charge >= 0.3 is 6.18 Å². The summed E-state index contributed by atoms with van der Waals surface area (Å²) >= 11 is 0. The fourth-order valence-corrected chi connectivity index (χ4v) is 2.65. The van der Waals surface area contributed by atoms with Gasteiger partial charge in [-0.25, -0.2) is 0 Å². The fraction of sp³-hybridized carbons (Fsp3) is 0.600. The van der Waals surface area contributed by atoms with Crippen molar-refractivity contribution in [3.05, 3.63) is 29.3 Å². The number of halogens is 3. The molecule has 1 aromatic rings. The van der Waals surface area contributed by atoms with Crippen molar-refractivity contribution in [1.29, 1.82) is 0 Å². The van der Waals surface area contributed by atoms with E-state index in [2.05, 4.69) is 17.1 Å². The molecule has 0 bridgehead atoms. The molecule has 112 valence electrons. The molecule has 20 heavy (non-hydrogen) atoms. The third-order valence-corrected chi connectivity index (χ3v) is 3.90. The Morgan fingerprint density at radius 3 is 2.45 bits per heavy atom. The number of alkyl halides is 3. The summed E-state index contributed by atoms with van der Waals surface area (Å²) in [6.45, 7) is 4.51. The molecule has 2 nitrogen and oxygen atoms in total. The van der Waals surface area contributed by atoms with Gasteiger partial charge in [-0.3, -0.25) is 0 Å². The van der Waals surface area contributed by atoms with Gasteiger partial charge in [0.2, 0.25) is 0 Å². The Kier molecular flexibility index (Phi) is 4.58. The lowest BCUT2D eigenvalue weighted by Gasteiger charge is -2.33. The first kappa shape index (κ1) is 15.2. The molecule has 0 spiro atoms. The van der Waals surface area contributed by atoms with Crippen LogP contribution in [0.25, 0.3) is 0 Å². The van der Waals surface area contributed by atoms with Crippen LogP contribution >= 0.6 is 0 Å². The van der Waals surface area contributed by atoms with Crippen LogP contribution in [0.2, 0.25) is 0 Å². The van der Waals surface area contributed by atoms with Crippen molar-refractivity contribution >= 4 is 5.69 Å². The van der Waals surface area contributed by atoms with Gasteiger partial charge in [0.15, 0.2) is 0 Å². The van der Waals surface area contributed by atoms with Crippen molar-refractivity contribution < 1.29 is 13.2 Å². The maximum atomic E-state index is 12.8. The number of piperidine rings is 1. The lowest BCUT2D eigenvalue weighted by Crippen LogP contribution is -2.33. The van der Waals surface area contributed by atoms with Crippen molar-refractivity contribution in [2.24, 2.45) is 5.92 Å². The summed E-state index contributed by atoms with van der Waals surface area (Å²) in [5.41, 5.74) is 1.08. The minimum atomic E-state index is -4.28. The van der Waals surface area contributed by atoms with E-state index in [1.807, 2.05) is 0 Å². The summed E-state index contributed by atoms with van der Waals surface area (Å²) in [6, 6.07) is 4.07. The van der Waals surface area contributed by atoms with Crippen LogP contribution in [0, 0.1) is 5.92 Å². The highest BCUT2D eigenvalue weighted by molar-refractivity contribution is 5.55. The number of rotatable bonds is 3. The van der Waals surface area contributed by atoms with Crippen molar-refractivity contribution in [1.82, 2.24) is 5.32 Å². The maximum Gasteiger partial charge on any atom is 0.416 e. The first-order valence-electron chi connectivity index (χ1n) is 7.01. The SMILES string of the molecule is CNCc1cc(C(F)(F)F)ccc1N1CCC(C)CC1. The average molecular weight is 286 g/mol. The van der Waals surface area contributed by atoms with Gasteiger partial charge in [-0.2, -0.15) is 13.2 Å². The van der Waals surface area contributed by atoms with E-state index < -0.39 is 11.7 Å². The monoisotopic (exact) mass is 286 g/mol. The molecule has 1 fully saturated rings. The van der Waals surface area contributed by atoms with Gasteiger partial charge in [0.25, 0.3) is 0 Å². The van der Waals surface area contributed by atoms with E-state index in [1.54, 1.807) is 13.1 Å². The van der Waals surface area contributed by atoms with E-state index in [9.17, 15) is 13.2 Å². The molecular formula is C15H21F3N2. The predicted octanol–water partition coefficient (Wildman–Crippen LogP) is 3.66. The second kappa shape index (κ2) is 6.04. The van der Waals surface area contributed by atoms with Crippen molar-refractivity contribution in [3.63, 3.8) is 0 Å². The molecule has 1 aliphatic rings. The summed E-state index contributed by atoms with van der Waals surface area (Å²) in [4.78, 5) is 2.20. The zero-order chi connectivity index (χ0) is 14.8. The van der Waals surface area contributed by atoms with E-state index in [-0.39, 0.29) is 0 Å². The minimum Gasteiger partial charge on any atom is -0.371 e. The van der Waals surface area contributed by atoms with Gasteiger partial charge in [0.1, 0.15) is 0 Å². The number of hydrogen-bond donors (Lipinski definition) is 1. The summed E-state index contributed by atoms with van der Waals surface area (Å²) in [6.07, 6.45) is -2.09. The quantitative estimate of drug-likeness (QED) is 0.912. The zero-order valence-corrected chi connectivity index (χ0v) is 11.9. The van der Waals surface area contributed by atoms with Gasteiger partial charge in [-0.05, 0) is 49.6 Å². The first-order valence-corrected chi connectivity index (χ1v) is 7.01. The predicted molar refractivity (Wildman–Crippen MR) is 74.8 cm³/mol. The van der Waals surface area contributed by atoms with Gasteiger partial charge < -0.3 is 10.2 Å². The number of nitrogens with one attached hydrogen (secondary N) is 1. The summed E-state index contributed by atoms with van der Waals surface area (Å²) < 4.78 is 38.4. The Morgan fingerprint density at radius 2 is 1.90 bits per heavy atom. The molecule has 1 N–H and O–H groups in total. The number of hydrogen-bond acceptors (Lipinski definition) is 2. The standard InChI is InChI=1S/C15H21F3N2/c1-11-5-7-20(8-6-11)14-4-3-13(15(16,17)18)9-12(14)10-19-2/h3-4,9,11,19H,5-8,10H2,1-2H3. The lowest BCUT2D eigenvalue weighted by atomic mass is 9.97. The Morgan fingerprint density at radius 1 is 1.25 bits per heavy atom. The highest BCUT2D eigenvalue weighted by Gasteiger charge is 2.31. The molecule has 1 saturated heterocycles. The van der Waals surface area contributed by atoms with Crippen LogP contribution in [-0.2, 0) is 12.7 Å². The van der Waals surface area contributed by atoms with E-state index in [1.165, 1.54) is 12.1 Å². The largest absolute Gasteiger partial charge is 0.416 e. The molecule has 0 saturated carbocycles. The Bertz CT molecular complexity index is 449. The maximum absolute atomic E-state index is 12.8. The molecule has 1 heterocycles. The highest BCUT2D eigenvalue weighted by Crippen LogP contribution is 2.34. The van der Waals surface area contributed by atoms with Crippen molar-refractivity contribution in [2.75, 3.05) is 25.0 Å². The summed E-state index contributed by atoms with van der Waals surface area (Å²) in [5.74, 6) is 0.702. The highest BCUT2D eigenvalue weighted by atomic mass is 19.4. The molecule has 0 aromatic heterocycles. The van der Waals surface area contributed by atoms with Crippen LogP contribution in [0.5, 0.6) is 0 Å². The molecule has 0 radical (unpaired) electrons. The molecule has 1 aromatic carbocycles. The summed E-state index contributed by atoms with van der Waals surface area (Å²) in [7, 11) is 1.75.